The third-order valence-corrected chi connectivity index (χ3v) is 8.99. The molecule has 5 saturated carbocycles. The van der Waals surface area contributed by atoms with Crippen LogP contribution in [0.15, 0.2) is 12.2 Å². The molecule has 0 aromatic carbocycles. The van der Waals surface area contributed by atoms with E-state index in [2.05, 4.69) is 6.58 Å². The number of carbonyl (C=O) groups is 1. The first-order chi connectivity index (χ1) is 11.4. The van der Waals surface area contributed by atoms with Gasteiger partial charge in [0.15, 0.2) is 0 Å². The van der Waals surface area contributed by atoms with Crippen LogP contribution >= 0.6 is 0 Å². The normalized spacial score (nSPS) is 58.7. The van der Waals surface area contributed by atoms with Crippen LogP contribution < -0.4 is 0 Å². The van der Waals surface area contributed by atoms with Crippen LogP contribution in [0.1, 0.15) is 51.9 Å². The summed E-state index contributed by atoms with van der Waals surface area (Å²) in [6.45, 7) is 6.69. The minimum atomic E-state index is -0.605. The van der Waals surface area contributed by atoms with Gasteiger partial charge in [-0.05, 0) is 68.8 Å². The summed E-state index contributed by atoms with van der Waals surface area (Å²) in [6.07, 6.45) is 5.35. The number of hydrogen-bond acceptors (Lipinski definition) is 4. The van der Waals surface area contributed by atoms with Crippen molar-refractivity contribution < 1.29 is 19.7 Å². The average Bonchev–Trinajstić information content (AvgIpc) is 2.57. The van der Waals surface area contributed by atoms with Gasteiger partial charge >= 0.3 is 5.97 Å². The molecule has 0 aromatic heterocycles. The van der Waals surface area contributed by atoms with Gasteiger partial charge in [0.2, 0.25) is 0 Å². The molecular formula is C20H28O4. The number of carbonyl (C=O) groups excluding carboxylic acids is 1. The molecule has 0 unspecified atom stereocenters. The number of cyclic esters (lactones) is 1. The highest BCUT2D eigenvalue weighted by atomic mass is 16.5. The fraction of sp³-hybridized carbons (Fsp3) is 0.850. The van der Waals surface area contributed by atoms with Crippen LogP contribution in [-0.2, 0) is 9.53 Å². The van der Waals surface area contributed by atoms with Crippen molar-refractivity contribution in [3.05, 3.63) is 12.2 Å². The lowest BCUT2D eigenvalue weighted by molar-refractivity contribution is -0.283. The highest BCUT2D eigenvalue weighted by Crippen LogP contribution is 2.73. The van der Waals surface area contributed by atoms with E-state index in [9.17, 15) is 15.0 Å². The molecule has 0 amide bonds. The zero-order valence-electron chi connectivity index (χ0n) is 14.5. The molecule has 0 radical (unpaired) electrons. The Morgan fingerprint density at radius 2 is 1.96 bits per heavy atom. The number of aliphatic hydroxyl groups is 2. The molecule has 4 bridgehead atoms. The maximum Gasteiger partial charge on any atom is 0.312 e. The van der Waals surface area contributed by atoms with Crippen LogP contribution in [-0.4, -0.2) is 35.0 Å². The van der Waals surface area contributed by atoms with Crippen molar-refractivity contribution in [3.8, 4) is 0 Å². The number of hydrogen-bond donors (Lipinski definition) is 2. The van der Waals surface area contributed by atoms with Crippen molar-refractivity contribution in [1.82, 2.24) is 0 Å². The zero-order chi connectivity index (χ0) is 16.9. The van der Waals surface area contributed by atoms with Gasteiger partial charge in [-0.1, -0.05) is 13.0 Å². The highest BCUT2D eigenvalue weighted by molar-refractivity contribution is 5.78. The lowest BCUT2D eigenvalue weighted by Crippen LogP contribution is -2.73. The molecule has 132 valence electrons. The Morgan fingerprint density at radius 1 is 1.17 bits per heavy atom. The van der Waals surface area contributed by atoms with Gasteiger partial charge in [-0.15, -0.1) is 0 Å². The van der Waals surface area contributed by atoms with E-state index in [0.717, 1.165) is 44.1 Å². The van der Waals surface area contributed by atoms with E-state index in [1.165, 1.54) is 0 Å². The second kappa shape index (κ2) is 4.45. The van der Waals surface area contributed by atoms with Crippen molar-refractivity contribution in [2.24, 2.45) is 34.0 Å². The lowest BCUT2D eigenvalue weighted by atomic mass is 9.34. The van der Waals surface area contributed by atoms with E-state index in [-0.39, 0.29) is 23.2 Å². The third-order valence-electron chi connectivity index (χ3n) is 8.99. The Hall–Kier alpha value is -0.870. The number of aliphatic hydroxyl groups excluding tert-OH is 2. The number of esters is 1. The van der Waals surface area contributed by atoms with Crippen molar-refractivity contribution in [2.45, 2.75) is 64.1 Å². The quantitative estimate of drug-likeness (QED) is 0.528. The largest absolute Gasteiger partial charge is 0.465 e. The Labute approximate surface area is 143 Å². The monoisotopic (exact) mass is 332 g/mol. The predicted molar refractivity (Wildman–Crippen MR) is 87.9 cm³/mol. The van der Waals surface area contributed by atoms with Crippen LogP contribution in [0.5, 0.6) is 0 Å². The van der Waals surface area contributed by atoms with Crippen LogP contribution in [0, 0.1) is 34.0 Å². The van der Waals surface area contributed by atoms with Gasteiger partial charge in [0.05, 0.1) is 24.2 Å². The molecule has 24 heavy (non-hydrogen) atoms. The maximum atomic E-state index is 12.6. The molecule has 4 heteroatoms. The SMILES string of the molecule is C=C1[C@H]2CC[C@@]3([C@H](O)C[C@@H]4[C@@]5(CCC[C@@]4(C)C(=O)OC5)[C@H]3C2)[C@H]1O. The van der Waals surface area contributed by atoms with Gasteiger partial charge in [0, 0.05) is 10.8 Å². The first-order valence-corrected chi connectivity index (χ1v) is 9.58. The molecular weight excluding hydrogens is 304 g/mol. The topological polar surface area (TPSA) is 66.8 Å². The second-order valence-corrected chi connectivity index (χ2v) is 9.50. The first kappa shape index (κ1) is 15.4. The van der Waals surface area contributed by atoms with Crippen molar-refractivity contribution in [2.75, 3.05) is 6.61 Å². The van der Waals surface area contributed by atoms with E-state index in [1.807, 2.05) is 6.92 Å². The van der Waals surface area contributed by atoms with E-state index >= 15 is 0 Å². The summed E-state index contributed by atoms with van der Waals surface area (Å²) in [7, 11) is 0. The van der Waals surface area contributed by atoms with Crippen LogP contribution in [0.4, 0.5) is 0 Å². The molecule has 1 aliphatic heterocycles. The van der Waals surface area contributed by atoms with Gasteiger partial charge in [-0.3, -0.25) is 4.79 Å². The smallest absolute Gasteiger partial charge is 0.312 e. The van der Waals surface area contributed by atoms with E-state index in [1.54, 1.807) is 0 Å². The number of rotatable bonds is 0. The van der Waals surface area contributed by atoms with E-state index in [0.29, 0.717) is 18.9 Å². The minimum absolute atomic E-state index is 0.0551. The molecule has 2 N–H and O–H groups in total. The molecule has 1 heterocycles. The second-order valence-electron chi connectivity index (χ2n) is 9.50. The fourth-order valence-electron chi connectivity index (χ4n) is 7.81. The maximum absolute atomic E-state index is 12.6. The summed E-state index contributed by atoms with van der Waals surface area (Å²) < 4.78 is 5.73. The van der Waals surface area contributed by atoms with Crippen LogP contribution in [0.25, 0.3) is 0 Å². The summed E-state index contributed by atoms with van der Waals surface area (Å²) in [5.74, 6) is 0.714. The first-order valence-electron chi connectivity index (χ1n) is 9.58. The minimum Gasteiger partial charge on any atom is -0.465 e. The van der Waals surface area contributed by atoms with E-state index < -0.39 is 23.0 Å². The Balaban J connectivity index is 1.67. The summed E-state index contributed by atoms with van der Waals surface area (Å²) in [4.78, 5) is 12.6. The average molecular weight is 332 g/mol. The molecule has 6 rings (SSSR count). The van der Waals surface area contributed by atoms with Crippen molar-refractivity contribution in [3.63, 3.8) is 0 Å². The number of fused-ring (bicyclic) bond motifs is 2. The Kier molecular flexibility index (Phi) is 2.85. The van der Waals surface area contributed by atoms with Gasteiger partial charge in [-0.25, -0.2) is 0 Å². The molecule has 1 spiro atoms. The van der Waals surface area contributed by atoms with Crippen LogP contribution in [0.2, 0.25) is 0 Å². The molecule has 6 fully saturated rings. The highest BCUT2D eigenvalue weighted by Gasteiger charge is 2.73. The zero-order valence-corrected chi connectivity index (χ0v) is 14.5. The number of ether oxygens (including phenoxy) is 1. The molecule has 4 nitrogen and oxygen atoms in total. The predicted octanol–water partition coefficient (Wildman–Crippen LogP) is 2.43. The van der Waals surface area contributed by atoms with Crippen LogP contribution in [0.3, 0.4) is 0 Å². The molecule has 1 saturated heterocycles. The van der Waals surface area contributed by atoms with E-state index in [4.69, 9.17) is 4.74 Å². The molecule has 0 aromatic rings. The Morgan fingerprint density at radius 3 is 2.75 bits per heavy atom. The lowest BCUT2D eigenvalue weighted by Gasteiger charge is -2.71. The van der Waals surface area contributed by atoms with Gasteiger partial charge in [0.25, 0.3) is 0 Å². The molecule has 6 aliphatic rings. The third kappa shape index (κ3) is 1.44. The summed E-state index contributed by atoms with van der Waals surface area (Å²) >= 11 is 0. The molecule has 5 aliphatic carbocycles. The molecule has 8 atom stereocenters. The van der Waals surface area contributed by atoms with Crippen molar-refractivity contribution >= 4 is 5.97 Å². The summed E-state index contributed by atoms with van der Waals surface area (Å²) in [5.41, 5.74) is -0.0551. The summed E-state index contributed by atoms with van der Waals surface area (Å²) in [5, 5.41) is 22.3. The van der Waals surface area contributed by atoms with Gasteiger partial charge in [0.1, 0.15) is 0 Å². The standard InChI is InChI=1S/C20H28O4/c1-11-12-4-7-20(16(11)22)14(8-12)19-6-3-5-18(2,17(23)24-10-19)13(19)9-15(20)21/h12-16,21-22H,1,3-10H2,2H3/t12-,13-,14+,15+,16-,18+,19-,20+/m0/s1. The van der Waals surface area contributed by atoms with Gasteiger partial charge < -0.3 is 14.9 Å². The van der Waals surface area contributed by atoms with Crippen molar-refractivity contribution in [1.29, 1.82) is 0 Å². The van der Waals surface area contributed by atoms with Gasteiger partial charge in [-0.2, -0.15) is 0 Å². The fourth-order valence-corrected chi connectivity index (χ4v) is 7.81. The Bertz CT molecular complexity index is 627. The summed E-state index contributed by atoms with van der Waals surface area (Å²) in [6, 6.07) is 0.